The Morgan fingerprint density at radius 3 is 2.95 bits per heavy atom. The Labute approximate surface area is 141 Å². The van der Waals surface area contributed by atoms with Crippen molar-refractivity contribution in [3.8, 4) is 0 Å². The summed E-state index contributed by atoms with van der Waals surface area (Å²) in [5.74, 6) is 0. The summed E-state index contributed by atoms with van der Waals surface area (Å²) < 4.78 is 119. The number of anilines is 1. The van der Waals surface area contributed by atoms with Crippen molar-refractivity contribution in [1.29, 1.82) is 0 Å². The van der Waals surface area contributed by atoms with Crippen LogP contribution in [-0.4, -0.2) is 18.7 Å². The highest BCUT2D eigenvalue weighted by atomic mass is 19.4. The van der Waals surface area contributed by atoms with E-state index in [1.165, 1.54) is 0 Å². The van der Waals surface area contributed by atoms with E-state index >= 15 is 0 Å². The Balaban J connectivity index is 2.67. The number of nitrogens with zero attached hydrogens (tertiary/aromatic N) is 1. The van der Waals surface area contributed by atoms with Gasteiger partial charge in [-0.05, 0) is 43.4 Å². The fraction of sp³-hybridized carbons (Fsp3) is 0.533. The average Bonchev–Trinajstić information content (AvgIpc) is 2.57. The summed E-state index contributed by atoms with van der Waals surface area (Å²) >= 11 is 0. The maximum atomic E-state index is 13.1. The minimum atomic E-state index is -4.79. The Morgan fingerprint density at radius 2 is 2.32 bits per heavy atom. The smallest absolute Gasteiger partial charge is 0.416 e. The molecule has 0 aromatic heterocycles. The highest BCUT2D eigenvalue weighted by molar-refractivity contribution is 5.90. The van der Waals surface area contributed by atoms with Gasteiger partial charge in [-0.15, -0.1) is 0 Å². The van der Waals surface area contributed by atoms with Crippen LogP contribution < -0.4 is 10.6 Å². The van der Waals surface area contributed by atoms with E-state index in [1.807, 2.05) is 0 Å². The van der Waals surface area contributed by atoms with E-state index in [9.17, 15) is 18.0 Å². The number of hydrogen-bond acceptors (Lipinski definition) is 3. The molecular weight excluding hydrogens is 297 g/mol. The van der Waals surface area contributed by atoms with Gasteiger partial charge in [0.15, 0.2) is 0 Å². The van der Waals surface area contributed by atoms with Crippen LogP contribution in [0.2, 0.25) is 0 Å². The molecule has 7 heteroatoms. The molecule has 1 aromatic carbocycles. The quantitative estimate of drug-likeness (QED) is 0.898. The lowest BCUT2D eigenvalue weighted by atomic mass is 9.89. The second kappa shape index (κ2) is 6.16. The van der Waals surface area contributed by atoms with Crippen molar-refractivity contribution >= 4 is 11.8 Å². The van der Waals surface area contributed by atoms with E-state index in [0.29, 0.717) is 17.0 Å². The molecule has 122 valence electrons. The number of hydrogen-bond donors (Lipinski definition) is 1. The molecule has 1 aliphatic rings. The number of fused-ring (bicyclic) bond motifs is 1. The van der Waals surface area contributed by atoms with E-state index < -0.39 is 68.7 Å². The predicted octanol–water partition coefficient (Wildman–Crippen LogP) is 3.85. The molecule has 1 heterocycles. The van der Waals surface area contributed by atoms with Crippen LogP contribution in [0.5, 0.6) is 0 Å². The number of benzene rings is 1. The van der Waals surface area contributed by atoms with Gasteiger partial charge in [0.25, 0.3) is 0 Å². The summed E-state index contributed by atoms with van der Waals surface area (Å²) in [5, 5.41) is 0. The third kappa shape index (κ3) is 3.04. The summed E-state index contributed by atoms with van der Waals surface area (Å²) in [6, 6.07) is -1.38. The molecule has 0 spiro atoms. The van der Waals surface area contributed by atoms with Gasteiger partial charge < -0.3 is 10.5 Å². The monoisotopic (exact) mass is 326 g/mol. The number of halogens is 3. The van der Waals surface area contributed by atoms with E-state index in [0.717, 1.165) is 6.07 Å². The number of carbonyl (C=O) groups excluding carboxylic acids is 1. The number of rotatable bonds is 2. The van der Waals surface area contributed by atoms with Crippen LogP contribution in [0.3, 0.4) is 0 Å². The molecule has 4 nitrogen and oxygen atoms in total. The van der Waals surface area contributed by atoms with Crippen molar-refractivity contribution in [3.05, 3.63) is 29.3 Å². The number of nitrogens with two attached hydrogens (primary N) is 1. The maximum absolute atomic E-state index is 13.1. The second-order valence-electron chi connectivity index (χ2n) is 4.61. The molecule has 0 aliphatic carbocycles. The van der Waals surface area contributed by atoms with Crippen molar-refractivity contribution in [2.45, 2.75) is 44.8 Å². The van der Waals surface area contributed by atoms with Crippen LogP contribution in [0.1, 0.15) is 57.4 Å². The van der Waals surface area contributed by atoms with Crippen LogP contribution in [0.4, 0.5) is 23.7 Å². The lowest BCUT2D eigenvalue weighted by molar-refractivity contribution is -0.137. The zero-order valence-corrected chi connectivity index (χ0v) is 11.1. The van der Waals surface area contributed by atoms with Crippen LogP contribution in [0, 0.1) is 0 Å². The van der Waals surface area contributed by atoms with Gasteiger partial charge >= 0.3 is 12.3 Å². The van der Waals surface area contributed by atoms with E-state index in [1.54, 1.807) is 0 Å². The summed E-state index contributed by atoms with van der Waals surface area (Å²) in [6.45, 7) is -10.4. The SMILES string of the molecule is [2H]C([2H])([2H])C([2H])([2H])OC(=O)N1c2ccc(C(F)(F)F)cc2[C@@H](N)C[C@H]1C([2H])([2H])C([2H])([2H])[2H]. The average molecular weight is 326 g/mol. The van der Waals surface area contributed by atoms with Crippen LogP contribution in [0.15, 0.2) is 18.2 Å². The van der Waals surface area contributed by atoms with Gasteiger partial charge in [0.2, 0.25) is 0 Å². The zero-order valence-electron chi connectivity index (χ0n) is 21.1. The number of alkyl halides is 3. The van der Waals surface area contributed by atoms with E-state index in [-0.39, 0.29) is 5.56 Å². The summed E-state index contributed by atoms with van der Waals surface area (Å²) in [7, 11) is 0. The molecule has 0 saturated carbocycles. The molecule has 2 rings (SSSR count). The molecule has 0 saturated heterocycles. The number of ether oxygens (including phenoxy) is 1. The van der Waals surface area contributed by atoms with Crippen molar-refractivity contribution in [2.24, 2.45) is 5.73 Å². The first kappa shape index (κ1) is 7.68. The largest absolute Gasteiger partial charge is 0.449 e. The minimum Gasteiger partial charge on any atom is -0.449 e. The minimum absolute atomic E-state index is 0.302. The number of carbonyl (C=O) groups is 1. The standard InChI is InChI=1S/C15H19F3N2O2/c1-3-10-8-12(19)11-7-9(15(16,17)18)5-6-13(11)20(10)14(21)22-4-2/h5-7,10,12H,3-4,8,19H2,1-2H3/t10-,12+/m1/s1/i1D3,2D3,3D2,4D2. The molecule has 1 amide bonds. The molecular formula is C15H19F3N2O2. The molecule has 22 heavy (non-hydrogen) atoms. The molecule has 1 aromatic rings. The first-order valence-corrected chi connectivity index (χ1v) is 6.10. The fourth-order valence-corrected chi connectivity index (χ4v) is 2.33. The third-order valence-corrected chi connectivity index (χ3v) is 3.30. The van der Waals surface area contributed by atoms with Gasteiger partial charge in [-0.3, -0.25) is 4.90 Å². The van der Waals surface area contributed by atoms with Crippen LogP contribution in [-0.2, 0) is 10.9 Å². The molecule has 2 atom stereocenters. The van der Waals surface area contributed by atoms with Gasteiger partial charge in [0.05, 0.1) is 20.6 Å². The van der Waals surface area contributed by atoms with E-state index in [2.05, 4.69) is 4.74 Å². The fourth-order valence-electron chi connectivity index (χ4n) is 2.33. The van der Waals surface area contributed by atoms with E-state index in [4.69, 9.17) is 19.4 Å². The van der Waals surface area contributed by atoms with Crippen molar-refractivity contribution in [2.75, 3.05) is 11.5 Å². The first-order chi connectivity index (χ1) is 14.1. The highest BCUT2D eigenvalue weighted by Crippen LogP contribution is 2.40. The molecule has 1 aliphatic heterocycles. The Kier molecular flexibility index (Phi) is 2.15. The third-order valence-electron chi connectivity index (χ3n) is 3.30. The summed E-state index contributed by atoms with van der Waals surface area (Å²) in [5.41, 5.74) is 3.98. The predicted molar refractivity (Wildman–Crippen MR) is 76.6 cm³/mol. The molecule has 2 N–H and O–H groups in total. The van der Waals surface area contributed by atoms with Crippen LogP contribution in [0.25, 0.3) is 0 Å². The lowest BCUT2D eigenvalue weighted by Crippen LogP contribution is -2.46. The normalized spacial score (nSPS) is 30.6. The van der Waals surface area contributed by atoms with Crippen molar-refractivity contribution in [3.63, 3.8) is 0 Å². The summed E-state index contributed by atoms with van der Waals surface area (Å²) in [6.07, 6.45) is -10.4. The number of amides is 1. The van der Waals surface area contributed by atoms with Crippen molar-refractivity contribution < 1.29 is 36.4 Å². The zero-order chi connectivity index (χ0) is 25.1. The second-order valence-corrected chi connectivity index (χ2v) is 4.61. The molecule has 0 fully saturated rings. The highest BCUT2D eigenvalue weighted by Gasteiger charge is 2.37. The molecule has 0 bridgehead atoms. The molecule has 0 radical (unpaired) electrons. The topological polar surface area (TPSA) is 55.6 Å². The van der Waals surface area contributed by atoms with Gasteiger partial charge in [-0.2, -0.15) is 13.2 Å². The molecule has 0 unspecified atom stereocenters. The maximum Gasteiger partial charge on any atom is 0.416 e. The van der Waals surface area contributed by atoms with Gasteiger partial charge in [-0.1, -0.05) is 6.85 Å². The van der Waals surface area contributed by atoms with Crippen molar-refractivity contribution in [1.82, 2.24) is 0 Å². The Morgan fingerprint density at radius 1 is 1.55 bits per heavy atom. The van der Waals surface area contributed by atoms with Gasteiger partial charge in [0.1, 0.15) is 0 Å². The van der Waals surface area contributed by atoms with Gasteiger partial charge in [0, 0.05) is 23.0 Å². The Bertz CT molecular complexity index is 886. The summed E-state index contributed by atoms with van der Waals surface area (Å²) in [4.78, 5) is 13.1. The van der Waals surface area contributed by atoms with Gasteiger partial charge in [-0.25, -0.2) is 4.79 Å². The van der Waals surface area contributed by atoms with Crippen LogP contribution >= 0.6 is 0 Å². The lowest BCUT2D eigenvalue weighted by Gasteiger charge is -2.39. The first-order valence-electron chi connectivity index (χ1n) is 11.1. The Hall–Kier alpha value is -1.76.